The smallest absolute Gasteiger partial charge is 0.398 e. The van der Waals surface area contributed by atoms with E-state index in [0.717, 1.165) is 6.42 Å². The molecular weight excluding hydrogens is 271 g/mol. The van der Waals surface area contributed by atoms with E-state index in [1.165, 1.54) is 14.7 Å². The van der Waals surface area contributed by atoms with E-state index in [9.17, 15) is 10.1 Å². The molecule has 1 rings (SSSR count). The quantitative estimate of drug-likeness (QED) is 0.398. The summed E-state index contributed by atoms with van der Waals surface area (Å²) in [5.41, 5.74) is 0.621. The Morgan fingerprint density at radius 2 is 2.14 bits per heavy atom. The third-order valence-electron chi connectivity index (χ3n) is 2.92. The molecule has 0 fully saturated rings. The maximum absolute atomic E-state index is 11.3. The Bertz CT molecular complexity index is 468. The van der Waals surface area contributed by atoms with Gasteiger partial charge in [0.2, 0.25) is 0 Å². The van der Waals surface area contributed by atoms with E-state index in [2.05, 4.69) is 13.8 Å². The molecule has 0 aliphatic rings. The first-order valence-electron chi connectivity index (χ1n) is 6.91. The maximum atomic E-state index is 11.3. The topological polar surface area (TPSA) is 64.8 Å². The molecule has 0 saturated heterocycles. The standard InChI is InChI=1S/C14H22BN2O4/c1-11(2)8-9-21-13-7-5-6-12(14(13)17(18)19)10-16(3)15-20-4/h5-7,11H,8-10H2,1-4H3. The molecule has 0 aliphatic heterocycles. The second-order valence-corrected chi connectivity index (χ2v) is 5.31. The van der Waals surface area contributed by atoms with E-state index in [4.69, 9.17) is 9.39 Å². The van der Waals surface area contributed by atoms with E-state index in [-0.39, 0.29) is 10.6 Å². The molecule has 0 amide bonds. The van der Waals surface area contributed by atoms with Gasteiger partial charge in [0.05, 0.1) is 11.5 Å². The highest BCUT2D eigenvalue weighted by molar-refractivity contribution is 6.23. The van der Waals surface area contributed by atoms with Crippen LogP contribution in [-0.4, -0.2) is 38.1 Å². The van der Waals surface area contributed by atoms with E-state index in [1.807, 2.05) is 0 Å². The van der Waals surface area contributed by atoms with Crippen molar-refractivity contribution in [1.29, 1.82) is 0 Å². The van der Waals surface area contributed by atoms with Crippen LogP contribution in [0.25, 0.3) is 0 Å². The van der Waals surface area contributed by atoms with Crippen molar-refractivity contribution < 1.29 is 14.3 Å². The van der Waals surface area contributed by atoms with Gasteiger partial charge in [-0.05, 0) is 25.5 Å². The number of ether oxygens (including phenoxy) is 1. The van der Waals surface area contributed by atoms with Crippen LogP contribution in [0.2, 0.25) is 0 Å². The van der Waals surface area contributed by atoms with Gasteiger partial charge in [-0.1, -0.05) is 26.0 Å². The molecule has 0 unspecified atom stereocenters. The number of nitrogens with zero attached hydrogens (tertiary/aromatic N) is 2. The molecule has 0 aliphatic carbocycles. The summed E-state index contributed by atoms with van der Waals surface area (Å²) < 4.78 is 10.5. The van der Waals surface area contributed by atoms with Gasteiger partial charge in [-0.2, -0.15) is 0 Å². The van der Waals surface area contributed by atoms with Gasteiger partial charge in [-0.3, -0.25) is 10.1 Å². The molecule has 6 nitrogen and oxygen atoms in total. The number of nitro groups is 1. The molecule has 0 atom stereocenters. The van der Waals surface area contributed by atoms with Gasteiger partial charge >= 0.3 is 13.3 Å². The number of benzene rings is 1. The third-order valence-corrected chi connectivity index (χ3v) is 2.92. The molecule has 1 aromatic rings. The lowest BCUT2D eigenvalue weighted by Crippen LogP contribution is -2.24. The number of hydrogen-bond donors (Lipinski definition) is 0. The molecule has 21 heavy (non-hydrogen) atoms. The Morgan fingerprint density at radius 1 is 1.43 bits per heavy atom. The largest absolute Gasteiger partial charge is 0.487 e. The average molecular weight is 293 g/mol. The van der Waals surface area contributed by atoms with Gasteiger partial charge in [-0.25, -0.2) is 0 Å². The Morgan fingerprint density at radius 3 is 2.71 bits per heavy atom. The SMILES string of the molecule is CO[B]N(C)Cc1cccc(OCCC(C)C)c1[N+](=O)[O-]. The van der Waals surface area contributed by atoms with E-state index in [0.29, 0.717) is 30.4 Å². The molecule has 0 saturated carbocycles. The second-order valence-electron chi connectivity index (χ2n) is 5.31. The molecule has 0 bridgehead atoms. The summed E-state index contributed by atoms with van der Waals surface area (Å²) in [5.74, 6) is 0.818. The summed E-state index contributed by atoms with van der Waals surface area (Å²) in [6.45, 7) is 5.03. The van der Waals surface area contributed by atoms with Crippen molar-refractivity contribution in [3.05, 3.63) is 33.9 Å². The monoisotopic (exact) mass is 293 g/mol. The van der Waals surface area contributed by atoms with Gasteiger partial charge in [-0.15, -0.1) is 0 Å². The normalized spacial score (nSPS) is 11.0. The van der Waals surface area contributed by atoms with Crippen molar-refractivity contribution in [2.24, 2.45) is 5.92 Å². The third kappa shape index (κ3) is 5.73. The van der Waals surface area contributed by atoms with Crippen LogP contribution in [0.4, 0.5) is 5.69 Å². The molecule has 0 aromatic heterocycles. The predicted octanol–water partition coefficient (Wildman–Crippen LogP) is 2.63. The van der Waals surface area contributed by atoms with Gasteiger partial charge < -0.3 is 14.2 Å². The molecule has 0 spiro atoms. The summed E-state index contributed by atoms with van der Waals surface area (Å²) in [7, 11) is 4.84. The van der Waals surface area contributed by atoms with E-state index < -0.39 is 0 Å². The summed E-state index contributed by atoms with van der Waals surface area (Å²) in [4.78, 5) is 12.7. The Labute approximate surface area is 126 Å². The lowest BCUT2D eigenvalue weighted by molar-refractivity contribution is -0.386. The van der Waals surface area contributed by atoms with Crippen LogP contribution in [0, 0.1) is 16.0 Å². The highest BCUT2D eigenvalue weighted by Crippen LogP contribution is 2.31. The lowest BCUT2D eigenvalue weighted by atomic mass is 10.1. The fraction of sp³-hybridized carbons (Fsp3) is 0.571. The zero-order valence-electron chi connectivity index (χ0n) is 13.0. The maximum Gasteiger partial charge on any atom is 0.398 e. The van der Waals surface area contributed by atoms with Crippen molar-refractivity contribution in [2.75, 3.05) is 20.8 Å². The molecule has 0 N–H and O–H groups in total. The predicted molar refractivity (Wildman–Crippen MR) is 82.3 cm³/mol. The summed E-state index contributed by atoms with van der Waals surface area (Å²) in [6, 6.07) is 5.14. The fourth-order valence-electron chi connectivity index (χ4n) is 1.91. The van der Waals surface area contributed by atoms with Crippen molar-refractivity contribution in [3.63, 3.8) is 0 Å². The van der Waals surface area contributed by atoms with Crippen LogP contribution in [-0.2, 0) is 11.2 Å². The molecule has 1 radical (unpaired) electrons. The first-order valence-corrected chi connectivity index (χ1v) is 6.91. The first kappa shape index (κ1) is 17.5. The summed E-state index contributed by atoms with van der Waals surface area (Å²) >= 11 is 0. The first-order chi connectivity index (χ1) is 9.95. The van der Waals surface area contributed by atoms with Gasteiger partial charge in [0.1, 0.15) is 0 Å². The van der Waals surface area contributed by atoms with Crippen LogP contribution in [0.5, 0.6) is 5.75 Å². The number of hydrogen-bond acceptors (Lipinski definition) is 5. The minimum absolute atomic E-state index is 0.0256. The summed E-state index contributed by atoms with van der Waals surface area (Å²) in [5, 5.41) is 11.3. The van der Waals surface area contributed by atoms with Crippen LogP contribution in [0.15, 0.2) is 18.2 Å². The van der Waals surface area contributed by atoms with Crippen molar-refractivity contribution in [2.45, 2.75) is 26.8 Å². The van der Waals surface area contributed by atoms with Gasteiger partial charge in [0.15, 0.2) is 5.75 Å². The second kappa shape index (κ2) is 8.64. The molecule has 7 heteroatoms. The van der Waals surface area contributed by atoms with Crippen molar-refractivity contribution >= 4 is 13.3 Å². The number of nitro benzene ring substituents is 1. The Balaban J connectivity index is 2.90. The highest BCUT2D eigenvalue weighted by Gasteiger charge is 2.22. The molecule has 0 heterocycles. The summed E-state index contributed by atoms with van der Waals surface area (Å²) in [6.07, 6.45) is 0.860. The molecule has 1 aromatic carbocycles. The number of rotatable bonds is 9. The fourth-order valence-corrected chi connectivity index (χ4v) is 1.91. The van der Waals surface area contributed by atoms with Gasteiger partial charge in [0.25, 0.3) is 0 Å². The van der Waals surface area contributed by atoms with Crippen LogP contribution < -0.4 is 4.74 Å². The minimum Gasteiger partial charge on any atom is -0.487 e. The number of para-hydroxylation sites is 1. The zero-order chi connectivity index (χ0) is 15.8. The van der Waals surface area contributed by atoms with Crippen LogP contribution in [0.3, 0.4) is 0 Å². The molecule has 115 valence electrons. The zero-order valence-corrected chi connectivity index (χ0v) is 13.0. The average Bonchev–Trinajstić information content (AvgIpc) is 2.38. The minimum atomic E-state index is -0.388. The van der Waals surface area contributed by atoms with E-state index in [1.54, 1.807) is 30.1 Å². The van der Waals surface area contributed by atoms with E-state index >= 15 is 0 Å². The van der Waals surface area contributed by atoms with Crippen molar-refractivity contribution in [3.8, 4) is 5.75 Å². The molecular formula is C14H22BN2O4. The Kier molecular flexibility index (Phi) is 7.18. The lowest BCUT2D eigenvalue weighted by Gasteiger charge is -2.15. The highest BCUT2D eigenvalue weighted by atomic mass is 16.6. The van der Waals surface area contributed by atoms with Crippen LogP contribution in [0.1, 0.15) is 25.8 Å². The Hall–Kier alpha value is -1.60. The van der Waals surface area contributed by atoms with Crippen molar-refractivity contribution in [1.82, 2.24) is 4.81 Å². The van der Waals surface area contributed by atoms with Gasteiger partial charge in [0, 0.05) is 19.2 Å². The van der Waals surface area contributed by atoms with Crippen LogP contribution >= 0.6 is 0 Å².